The Kier molecular flexibility index (Phi) is 12.8. The van der Waals surface area contributed by atoms with Crippen molar-refractivity contribution in [2.45, 2.75) is 45.4 Å². The van der Waals surface area contributed by atoms with Crippen LogP contribution in [0.2, 0.25) is 0 Å². The molecule has 3 rings (SSSR count). The number of methoxy groups -OCH3 is 2. The molecule has 0 saturated heterocycles. The van der Waals surface area contributed by atoms with Gasteiger partial charge in [-0.3, -0.25) is 0 Å². The van der Waals surface area contributed by atoms with Gasteiger partial charge in [-0.15, -0.1) is 0 Å². The fourth-order valence-corrected chi connectivity index (χ4v) is 6.60. The third-order valence-corrected chi connectivity index (χ3v) is 9.51. The summed E-state index contributed by atoms with van der Waals surface area (Å²) in [5, 5.41) is 0. The summed E-state index contributed by atoms with van der Waals surface area (Å²) in [6.45, 7) is 11.5. The van der Waals surface area contributed by atoms with E-state index in [2.05, 4.69) is 95.0 Å². The topological polar surface area (TPSA) is 49.4 Å². The predicted octanol–water partition coefficient (Wildman–Crippen LogP) is 7.10. The van der Waals surface area contributed by atoms with Gasteiger partial charge in [0.05, 0.1) is 34.9 Å². The normalized spacial score (nSPS) is 13.1. The number of hydrogen-bond acceptors (Lipinski definition) is 6. The van der Waals surface area contributed by atoms with Crippen LogP contribution in [0.4, 0.5) is 0 Å². The summed E-state index contributed by atoms with van der Waals surface area (Å²) in [4.78, 5) is 0. The van der Waals surface area contributed by atoms with Crippen molar-refractivity contribution in [3.63, 3.8) is 0 Å². The van der Waals surface area contributed by atoms with Crippen LogP contribution in [0.15, 0.2) is 78.9 Å². The molecule has 0 heterocycles. The highest BCUT2D eigenvalue weighted by Gasteiger charge is 2.38. The molecular weight excluding hydrogens is 547 g/mol. The zero-order chi connectivity index (χ0) is 30.8. The van der Waals surface area contributed by atoms with Gasteiger partial charge in [-0.2, -0.15) is 0 Å². The highest BCUT2D eigenvalue weighted by Crippen LogP contribution is 2.45. The average molecular weight is 598 g/mol. The van der Waals surface area contributed by atoms with Crippen molar-refractivity contribution in [3.8, 4) is 11.5 Å². The van der Waals surface area contributed by atoms with Crippen molar-refractivity contribution in [1.29, 1.82) is 0 Å². The van der Waals surface area contributed by atoms with E-state index in [0.717, 1.165) is 45.8 Å². The highest BCUT2D eigenvalue weighted by molar-refractivity contribution is 7.44. The van der Waals surface area contributed by atoms with E-state index in [1.165, 1.54) is 0 Å². The Balaban J connectivity index is 1.85. The van der Waals surface area contributed by atoms with Crippen molar-refractivity contribution in [3.05, 3.63) is 95.6 Å². The molecule has 0 saturated carbocycles. The zero-order valence-electron chi connectivity index (χ0n) is 26.9. The van der Waals surface area contributed by atoms with Crippen LogP contribution in [0.25, 0.3) is 0 Å². The van der Waals surface area contributed by atoms with E-state index in [9.17, 15) is 0 Å². The van der Waals surface area contributed by atoms with Gasteiger partial charge in [0, 0.05) is 19.2 Å². The van der Waals surface area contributed by atoms with Gasteiger partial charge < -0.3 is 27.7 Å². The quantitative estimate of drug-likeness (QED) is 0.0940. The Bertz CT molecular complexity index is 1130. The molecule has 0 N–H and O–H groups in total. The summed E-state index contributed by atoms with van der Waals surface area (Å²) >= 11 is 0. The van der Waals surface area contributed by atoms with E-state index >= 15 is 0 Å². The third kappa shape index (κ3) is 8.53. The van der Waals surface area contributed by atoms with Gasteiger partial charge in [-0.05, 0) is 68.7 Å². The molecule has 8 heteroatoms. The molecule has 0 aliphatic rings. The largest absolute Gasteiger partial charge is 0.497 e. The van der Waals surface area contributed by atoms with E-state index in [1.807, 2.05) is 30.3 Å². The van der Waals surface area contributed by atoms with Crippen LogP contribution < -0.4 is 9.47 Å². The Morgan fingerprint density at radius 1 is 0.667 bits per heavy atom. The van der Waals surface area contributed by atoms with E-state index in [-0.39, 0.29) is 0 Å². The van der Waals surface area contributed by atoms with Crippen molar-refractivity contribution < 1.29 is 27.7 Å². The van der Waals surface area contributed by atoms with E-state index in [0.29, 0.717) is 25.3 Å². The first kappa shape index (κ1) is 34.0. The van der Waals surface area contributed by atoms with Crippen LogP contribution in [0.1, 0.15) is 44.4 Å². The van der Waals surface area contributed by atoms with Crippen LogP contribution in [-0.2, 0) is 19.4 Å². The maximum absolute atomic E-state index is 7.05. The number of benzene rings is 3. The van der Waals surface area contributed by atoms with Gasteiger partial charge in [-0.25, -0.2) is 4.67 Å². The smallest absolute Gasteiger partial charge is 0.259 e. The maximum Gasteiger partial charge on any atom is 0.259 e. The molecule has 0 radical (unpaired) electrons. The summed E-state index contributed by atoms with van der Waals surface area (Å²) in [7, 11) is 8.42. The van der Waals surface area contributed by atoms with Crippen molar-refractivity contribution in [2.75, 3.05) is 61.7 Å². The van der Waals surface area contributed by atoms with Crippen molar-refractivity contribution in [1.82, 2.24) is 4.67 Å². The summed E-state index contributed by atoms with van der Waals surface area (Å²) in [5.41, 5.74) is 2.29. The molecule has 1 atom stereocenters. The lowest BCUT2D eigenvalue weighted by atomic mass is 9.80. The molecule has 3 aromatic carbocycles. The van der Waals surface area contributed by atoms with E-state index in [4.69, 9.17) is 23.3 Å². The minimum absolute atomic E-state index is 0.342. The molecule has 42 heavy (non-hydrogen) atoms. The second-order valence-corrected chi connectivity index (χ2v) is 13.1. The molecule has 0 aromatic heterocycles. The number of rotatable bonds is 17. The molecule has 0 aliphatic carbocycles. The molecule has 0 aliphatic heterocycles. The Hall–Kier alpha value is -2.51. The predicted molar refractivity (Wildman–Crippen MR) is 172 cm³/mol. The summed E-state index contributed by atoms with van der Waals surface area (Å²) in [6.07, 6.45) is 0. The molecule has 3 aromatic rings. The molecule has 1 unspecified atom stereocenters. The zero-order valence-corrected chi connectivity index (χ0v) is 27.8. The van der Waals surface area contributed by atoms with Gasteiger partial charge in [0.2, 0.25) is 0 Å². The standard InChI is InChI=1S/C34H50N2O5P/c1-27(2)35(28(3)4)42(39-9)41-26-24-36(5,6)23-25-40-34(29-13-11-10-12-14-29,30-15-19-32(37-7)20-16-30)31-17-21-33(38-8)22-18-31/h10-22,27-28H,23-26H2,1-9H3/q+1. The Labute approximate surface area is 254 Å². The molecule has 0 bridgehead atoms. The SMILES string of the molecule is COc1ccc(C(OCC[N+](C)(C)CCOP(OC)N(C(C)C)C(C)C)(c2ccccc2)c2ccc(OC)cc2)cc1. The maximum atomic E-state index is 7.05. The van der Waals surface area contributed by atoms with Gasteiger partial charge >= 0.3 is 0 Å². The number of hydrogen-bond donors (Lipinski definition) is 0. The molecule has 230 valence electrons. The summed E-state index contributed by atoms with van der Waals surface area (Å²) in [5.74, 6) is 1.61. The Morgan fingerprint density at radius 2 is 1.12 bits per heavy atom. The number of likely N-dealkylation sites (N-methyl/N-ethyl adjacent to an activating group) is 1. The number of nitrogens with zero attached hydrogens (tertiary/aromatic N) is 2. The minimum atomic E-state index is -1.11. The van der Waals surface area contributed by atoms with E-state index < -0.39 is 14.1 Å². The highest BCUT2D eigenvalue weighted by atomic mass is 31.2. The molecule has 0 spiro atoms. The van der Waals surface area contributed by atoms with Crippen LogP contribution in [-0.4, -0.2) is 83.0 Å². The number of ether oxygens (including phenoxy) is 3. The summed E-state index contributed by atoms with van der Waals surface area (Å²) < 4.78 is 33.1. The lowest BCUT2D eigenvalue weighted by Gasteiger charge is -2.38. The van der Waals surface area contributed by atoms with Crippen LogP contribution >= 0.6 is 8.53 Å². The fraction of sp³-hybridized carbons (Fsp3) is 0.471. The van der Waals surface area contributed by atoms with E-state index in [1.54, 1.807) is 21.3 Å². The summed E-state index contributed by atoms with van der Waals surface area (Å²) in [6, 6.07) is 27.4. The third-order valence-electron chi connectivity index (χ3n) is 7.49. The molecule has 0 amide bonds. The average Bonchev–Trinajstić information content (AvgIpc) is 2.99. The number of quaternary nitrogens is 1. The first-order chi connectivity index (χ1) is 20.1. The minimum Gasteiger partial charge on any atom is -0.497 e. The second kappa shape index (κ2) is 15.8. The van der Waals surface area contributed by atoms with Crippen LogP contribution in [0.3, 0.4) is 0 Å². The first-order valence-electron chi connectivity index (χ1n) is 14.6. The molecule has 7 nitrogen and oxygen atoms in total. The fourth-order valence-electron chi connectivity index (χ4n) is 5.19. The molecule has 0 fully saturated rings. The van der Waals surface area contributed by atoms with Crippen molar-refractivity contribution >= 4 is 8.53 Å². The van der Waals surface area contributed by atoms with Crippen molar-refractivity contribution in [2.24, 2.45) is 0 Å². The van der Waals surface area contributed by atoms with Gasteiger partial charge in [-0.1, -0.05) is 54.6 Å². The lowest BCUT2D eigenvalue weighted by molar-refractivity contribution is -0.890. The van der Waals surface area contributed by atoms with Gasteiger partial charge in [0.25, 0.3) is 8.53 Å². The monoisotopic (exact) mass is 597 g/mol. The Morgan fingerprint density at radius 3 is 1.55 bits per heavy atom. The van der Waals surface area contributed by atoms with Gasteiger partial charge in [0.15, 0.2) is 0 Å². The lowest BCUT2D eigenvalue weighted by Crippen LogP contribution is -2.46. The first-order valence-corrected chi connectivity index (χ1v) is 15.8. The van der Waals surface area contributed by atoms with Crippen LogP contribution in [0.5, 0.6) is 11.5 Å². The molecular formula is C34H50N2O5P+. The second-order valence-electron chi connectivity index (χ2n) is 11.6. The van der Waals surface area contributed by atoms with Crippen LogP contribution in [0, 0.1) is 0 Å². The van der Waals surface area contributed by atoms with Gasteiger partial charge in [0.1, 0.15) is 36.8 Å².